The highest BCUT2D eigenvalue weighted by atomic mass is 35.5. The number of amides is 1. The number of nitrogens with zero attached hydrogens (tertiary/aromatic N) is 2. The molecule has 3 aromatic carbocycles. The number of anilines is 1. The summed E-state index contributed by atoms with van der Waals surface area (Å²) in [6, 6.07) is 14.3. The fourth-order valence-corrected chi connectivity index (χ4v) is 3.22. The molecule has 0 radical (unpaired) electrons. The van der Waals surface area contributed by atoms with Gasteiger partial charge in [-0.2, -0.15) is 0 Å². The molecule has 0 aliphatic carbocycles. The van der Waals surface area contributed by atoms with E-state index in [1.165, 1.54) is 24.3 Å². The molecule has 0 bridgehead atoms. The smallest absolute Gasteiger partial charge is 0.270 e. The predicted octanol–water partition coefficient (Wildman–Crippen LogP) is 5.93. The molecule has 0 fully saturated rings. The van der Waals surface area contributed by atoms with Crippen LogP contribution in [0.3, 0.4) is 0 Å². The Morgan fingerprint density at radius 1 is 1.10 bits per heavy atom. The summed E-state index contributed by atoms with van der Waals surface area (Å²) < 4.78 is 5.87. The van der Waals surface area contributed by atoms with E-state index < -0.39 is 10.8 Å². The molecule has 4 rings (SSSR count). The summed E-state index contributed by atoms with van der Waals surface area (Å²) in [6.45, 7) is 3.99. The topological polar surface area (TPSA) is 98.3 Å². The van der Waals surface area contributed by atoms with E-state index in [9.17, 15) is 14.9 Å². The molecule has 1 amide bonds. The molecule has 0 aliphatic rings. The average molecular weight is 422 g/mol. The fraction of sp³-hybridized carbons (Fsp3) is 0.0909. The second kappa shape index (κ2) is 7.61. The van der Waals surface area contributed by atoms with E-state index >= 15 is 0 Å². The molecule has 4 aromatic rings. The van der Waals surface area contributed by atoms with Crippen molar-refractivity contribution in [2.24, 2.45) is 0 Å². The van der Waals surface area contributed by atoms with Crippen LogP contribution in [0.5, 0.6) is 0 Å². The van der Waals surface area contributed by atoms with Crippen LogP contribution >= 0.6 is 11.6 Å². The zero-order valence-corrected chi connectivity index (χ0v) is 16.9. The molecule has 0 spiro atoms. The zero-order valence-electron chi connectivity index (χ0n) is 16.1. The number of carbonyl (C=O) groups excluding carboxylic acids is 1. The van der Waals surface area contributed by atoms with Crippen LogP contribution in [0.15, 0.2) is 59.0 Å². The van der Waals surface area contributed by atoms with Crippen molar-refractivity contribution >= 4 is 40.0 Å². The number of nitro groups is 1. The van der Waals surface area contributed by atoms with Crippen LogP contribution < -0.4 is 5.32 Å². The number of carbonyl (C=O) groups is 1. The van der Waals surface area contributed by atoms with Gasteiger partial charge in [0.1, 0.15) is 5.52 Å². The standard InChI is InChI=1S/C22H16ClN3O4/c1-12-8-19-20(9-13(12)2)30-22(25-19)17-11-15(6-7-18(17)23)24-21(27)14-4-3-5-16(10-14)26(28)29/h3-11H,1-2H3,(H,24,27). The van der Waals surface area contributed by atoms with Gasteiger partial charge in [-0.05, 0) is 61.4 Å². The highest BCUT2D eigenvalue weighted by Gasteiger charge is 2.16. The Hall–Kier alpha value is -3.71. The van der Waals surface area contributed by atoms with Crippen LogP contribution in [0, 0.1) is 24.0 Å². The Kier molecular flexibility index (Phi) is 4.97. The highest BCUT2D eigenvalue weighted by molar-refractivity contribution is 6.33. The van der Waals surface area contributed by atoms with Gasteiger partial charge in [0.15, 0.2) is 5.58 Å². The van der Waals surface area contributed by atoms with Crippen molar-refractivity contribution in [3.8, 4) is 11.5 Å². The number of non-ortho nitro benzene ring substituents is 1. The molecule has 1 heterocycles. The third-order valence-corrected chi connectivity index (χ3v) is 5.11. The molecule has 1 aromatic heterocycles. The SMILES string of the molecule is Cc1cc2nc(-c3cc(NC(=O)c4cccc([N+](=O)[O-])c4)ccc3Cl)oc2cc1C. The minimum atomic E-state index is -0.548. The van der Waals surface area contributed by atoms with Crippen LogP contribution in [0.4, 0.5) is 11.4 Å². The first-order valence-corrected chi connectivity index (χ1v) is 9.43. The molecule has 7 nitrogen and oxygen atoms in total. The fourth-order valence-electron chi connectivity index (χ4n) is 3.03. The Morgan fingerprint density at radius 3 is 2.63 bits per heavy atom. The molecule has 8 heteroatoms. The van der Waals surface area contributed by atoms with E-state index in [-0.39, 0.29) is 11.3 Å². The van der Waals surface area contributed by atoms with Crippen molar-refractivity contribution in [2.75, 3.05) is 5.32 Å². The van der Waals surface area contributed by atoms with E-state index in [2.05, 4.69) is 10.3 Å². The number of aromatic nitrogens is 1. The van der Waals surface area contributed by atoms with Crippen molar-refractivity contribution in [2.45, 2.75) is 13.8 Å². The quantitative estimate of drug-likeness (QED) is 0.325. The van der Waals surface area contributed by atoms with Gasteiger partial charge in [-0.15, -0.1) is 0 Å². The number of aryl methyl sites for hydroxylation is 2. The Balaban J connectivity index is 1.66. The van der Waals surface area contributed by atoms with Crippen molar-refractivity contribution in [3.63, 3.8) is 0 Å². The molecule has 0 saturated heterocycles. The summed E-state index contributed by atoms with van der Waals surface area (Å²) in [4.78, 5) is 27.4. The Labute approximate surface area is 176 Å². The lowest BCUT2D eigenvalue weighted by molar-refractivity contribution is -0.384. The number of nitrogens with one attached hydrogen (secondary N) is 1. The molecular weight excluding hydrogens is 406 g/mol. The van der Waals surface area contributed by atoms with E-state index in [0.29, 0.717) is 27.7 Å². The number of hydrogen-bond acceptors (Lipinski definition) is 5. The largest absolute Gasteiger partial charge is 0.436 e. The van der Waals surface area contributed by atoms with Crippen LogP contribution in [0.1, 0.15) is 21.5 Å². The second-order valence-corrected chi connectivity index (χ2v) is 7.29. The molecule has 0 aliphatic heterocycles. The summed E-state index contributed by atoms with van der Waals surface area (Å²) in [5.41, 5.74) is 4.57. The molecule has 0 unspecified atom stereocenters. The number of hydrogen-bond donors (Lipinski definition) is 1. The van der Waals surface area contributed by atoms with Gasteiger partial charge in [0.25, 0.3) is 11.6 Å². The number of fused-ring (bicyclic) bond motifs is 1. The Bertz CT molecular complexity index is 1270. The van der Waals surface area contributed by atoms with Gasteiger partial charge < -0.3 is 9.73 Å². The zero-order chi connectivity index (χ0) is 21.4. The van der Waals surface area contributed by atoms with Gasteiger partial charge in [-0.25, -0.2) is 4.98 Å². The van der Waals surface area contributed by atoms with Crippen molar-refractivity contribution in [1.82, 2.24) is 4.98 Å². The lowest BCUT2D eigenvalue weighted by atomic mass is 10.1. The van der Waals surface area contributed by atoms with Gasteiger partial charge >= 0.3 is 0 Å². The summed E-state index contributed by atoms with van der Waals surface area (Å²) >= 11 is 6.34. The summed E-state index contributed by atoms with van der Waals surface area (Å²) in [7, 11) is 0. The van der Waals surface area contributed by atoms with Gasteiger partial charge in [-0.3, -0.25) is 14.9 Å². The van der Waals surface area contributed by atoms with E-state index in [4.69, 9.17) is 16.0 Å². The maximum atomic E-state index is 12.5. The number of nitro benzene ring substituents is 1. The number of benzene rings is 3. The first-order valence-electron chi connectivity index (χ1n) is 9.05. The third kappa shape index (κ3) is 3.75. The highest BCUT2D eigenvalue weighted by Crippen LogP contribution is 2.33. The van der Waals surface area contributed by atoms with E-state index in [1.807, 2.05) is 26.0 Å². The predicted molar refractivity (Wildman–Crippen MR) is 115 cm³/mol. The van der Waals surface area contributed by atoms with Crippen molar-refractivity contribution < 1.29 is 14.1 Å². The van der Waals surface area contributed by atoms with Gasteiger partial charge in [-0.1, -0.05) is 17.7 Å². The molecule has 0 saturated carbocycles. The van der Waals surface area contributed by atoms with Gasteiger partial charge in [0.05, 0.1) is 15.5 Å². The van der Waals surface area contributed by atoms with E-state index in [0.717, 1.165) is 16.6 Å². The van der Waals surface area contributed by atoms with Crippen LogP contribution in [-0.4, -0.2) is 15.8 Å². The van der Waals surface area contributed by atoms with Crippen LogP contribution in [-0.2, 0) is 0 Å². The number of halogens is 1. The number of oxazole rings is 1. The number of rotatable bonds is 4. The molecule has 0 atom stereocenters. The minimum absolute atomic E-state index is 0.156. The van der Waals surface area contributed by atoms with Crippen LogP contribution in [0.2, 0.25) is 5.02 Å². The maximum absolute atomic E-state index is 12.5. The second-order valence-electron chi connectivity index (χ2n) is 6.88. The third-order valence-electron chi connectivity index (χ3n) is 4.78. The average Bonchev–Trinajstić information content (AvgIpc) is 3.12. The lowest BCUT2D eigenvalue weighted by Crippen LogP contribution is -2.12. The normalized spacial score (nSPS) is 10.9. The van der Waals surface area contributed by atoms with Gasteiger partial charge in [0, 0.05) is 23.4 Å². The van der Waals surface area contributed by atoms with Gasteiger partial charge in [0.2, 0.25) is 5.89 Å². The molecular formula is C22H16ClN3O4. The minimum Gasteiger partial charge on any atom is -0.436 e. The lowest BCUT2D eigenvalue weighted by Gasteiger charge is -2.07. The summed E-state index contributed by atoms with van der Waals surface area (Å²) in [5, 5.41) is 14.1. The van der Waals surface area contributed by atoms with E-state index in [1.54, 1.807) is 18.2 Å². The Morgan fingerprint density at radius 2 is 1.87 bits per heavy atom. The monoisotopic (exact) mass is 421 g/mol. The molecule has 1 N–H and O–H groups in total. The maximum Gasteiger partial charge on any atom is 0.270 e. The first kappa shape index (κ1) is 19.6. The summed E-state index contributed by atoms with van der Waals surface area (Å²) in [5.74, 6) is -0.137. The van der Waals surface area contributed by atoms with Crippen LogP contribution in [0.25, 0.3) is 22.6 Å². The van der Waals surface area contributed by atoms with Crippen molar-refractivity contribution in [3.05, 3.63) is 86.4 Å². The molecule has 150 valence electrons. The molecule has 30 heavy (non-hydrogen) atoms. The summed E-state index contributed by atoms with van der Waals surface area (Å²) in [6.07, 6.45) is 0. The first-order chi connectivity index (χ1) is 14.3. The van der Waals surface area contributed by atoms with Crippen molar-refractivity contribution in [1.29, 1.82) is 0 Å².